The van der Waals surface area contributed by atoms with Gasteiger partial charge in [-0.15, -0.1) is 0 Å². The average molecular weight is 280 g/mol. The van der Waals surface area contributed by atoms with Crippen LogP contribution in [-0.4, -0.2) is 21.0 Å². The Labute approximate surface area is 116 Å². The first-order valence-corrected chi connectivity index (χ1v) is 8.20. The molecule has 1 aromatic carbocycles. The van der Waals surface area contributed by atoms with Gasteiger partial charge in [-0.05, 0) is 55.4 Å². The minimum Gasteiger partial charge on any atom is -0.481 e. The zero-order valence-electron chi connectivity index (χ0n) is 11.1. The molecule has 0 saturated carbocycles. The molecule has 1 aliphatic carbocycles. The van der Waals surface area contributed by atoms with Gasteiger partial charge in [0.1, 0.15) is 0 Å². The molecule has 0 amide bonds. The summed E-state index contributed by atoms with van der Waals surface area (Å²) in [4.78, 5) is 11.3. The summed E-state index contributed by atoms with van der Waals surface area (Å²) in [7, 11) is -0.937. The van der Waals surface area contributed by atoms with E-state index in [-0.39, 0.29) is 6.42 Å². The van der Waals surface area contributed by atoms with Crippen LogP contribution in [0.4, 0.5) is 0 Å². The average Bonchev–Trinajstić information content (AvgIpc) is 2.84. The van der Waals surface area contributed by atoms with Gasteiger partial charge in [0.05, 0.1) is 10.8 Å². The van der Waals surface area contributed by atoms with E-state index in [9.17, 15) is 9.00 Å². The first kappa shape index (κ1) is 14.3. The zero-order chi connectivity index (χ0) is 13.7. The van der Waals surface area contributed by atoms with Gasteiger partial charge in [-0.1, -0.05) is 12.5 Å². The Balaban J connectivity index is 1.78. The fourth-order valence-electron chi connectivity index (χ4n) is 2.49. The van der Waals surface area contributed by atoms with Crippen LogP contribution in [0.15, 0.2) is 23.1 Å². The van der Waals surface area contributed by atoms with E-state index in [1.807, 2.05) is 6.07 Å². The number of carboxylic acids is 1. The van der Waals surface area contributed by atoms with Gasteiger partial charge in [0.25, 0.3) is 0 Å². The predicted octanol–water partition coefficient (Wildman–Crippen LogP) is 2.93. The molecule has 104 valence electrons. The summed E-state index contributed by atoms with van der Waals surface area (Å²) < 4.78 is 12.1. The van der Waals surface area contributed by atoms with Crippen molar-refractivity contribution in [1.82, 2.24) is 0 Å². The zero-order valence-corrected chi connectivity index (χ0v) is 11.9. The summed E-state index contributed by atoms with van der Waals surface area (Å²) in [5, 5.41) is 8.53. The number of rotatable bonds is 7. The highest BCUT2D eigenvalue weighted by molar-refractivity contribution is 7.85. The van der Waals surface area contributed by atoms with Crippen molar-refractivity contribution >= 4 is 16.8 Å². The van der Waals surface area contributed by atoms with E-state index in [4.69, 9.17) is 5.11 Å². The fourth-order valence-corrected chi connectivity index (χ4v) is 3.69. The highest BCUT2D eigenvalue weighted by Gasteiger charge is 2.13. The molecule has 1 aliphatic rings. The van der Waals surface area contributed by atoms with Crippen molar-refractivity contribution < 1.29 is 14.1 Å². The topological polar surface area (TPSA) is 54.4 Å². The number of aliphatic carboxylic acids is 1. The van der Waals surface area contributed by atoms with E-state index in [0.29, 0.717) is 12.2 Å². The molecular formula is C15H20O3S. The quantitative estimate of drug-likeness (QED) is 0.781. The van der Waals surface area contributed by atoms with Crippen molar-refractivity contribution in [2.75, 3.05) is 5.75 Å². The van der Waals surface area contributed by atoms with Crippen LogP contribution in [0.1, 0.15) is 43.2 Å². The molecule has 0 heterocycles. The lowest BCUT2D eigenvalue weighted by Crippen LogP contribution is -2.00. The normalized spacial score (nSPS) is 15.2. The number of unbranched alkanes of at least 4 members (excludes halogenated alkanes) is 2. The minimum absolute atomic E-state index is 0.214. The van der Waals surface area contributed by atoms with Crippen LogP contribution < -0.4 is 0 Å². The van der Waals surface area contributed by atoms with Gasteiger partial charge in [-0.2, -0.15) is 0 Å². The van der Waals surface area contributed by atoms with Gasteiger partial charge in [0.15, 0.2) is 0 Å². The second-order valence-corrected chi connectivity index (χ2v) is 6.61. The molecule has 0 aromatic heterocycles. The van der Waals surface area contributed by atoms with E-state index in [0.717, 1.165) is 30.6 Å². The van der Waals surface area contributed by atoms with Crippen LogP contribution in [-0.2, 0) is 28.4 Å². The lowest BCUT2D eigenvalue weighted by atomic mass is 10.1. The van der Waals surface area contributed by atoms with Gasteiger partial charge >= 0.3 is 5.97 Å². The third kappa shape index (κ3) is 4.16. The Morgan fingerprint density at radius 3 is 2.74 bits per heavy atom. The Kier molecular flexibility index (Phi) is 5.14. The smallest absolute Gasteiger partial charge is 0.303 e. The van der Waals surface area contributed by atoms with Crippen LogP contribution >= 0.6 is 0 Å². The summed E-state index contributed by atoms with van der Waals surface area (Å²) >= 11 is 0. The number of carbonyl (C=O) groups is 1. The van der Waals surface area contributed by atoms with E-state index in [1.54, 1.807) is 0 Å². The maximum atomic E-state index is 12.1. The first-order valence-electron chi connectivity index (χ1n) is 6.89. The lowest BCUT2D eigenvalue weighted by molar-refractivity contribution is -0.137. The lowest BCUT2D eigenvalue weighted by Gasteiger charge is -2.05. The molecule has 2 rings (SSSR count). The molecule has 0 fully saturated rings. The van der Waals surface area contributed by atoms with Crippen LogP contribution in [0.2, 0.25) is 0 Å². The Morgan fingerprint density at radius 2 is 1.95 bits per heavy atom. The highest BCUT2D eigenvalue weighted by atomic mass is 32.2. The minimum atomic E-state index is -0.937. The number of fused-ring (bicyclic) bond motifs is 1. The third-order valence-corrected chi connectivity index (χ3v) is 4.99. The molecule has 0 spiro atoms. The molecule has 0 aliphatic heterocycles. The van der Waals surface area contributed by atoms with Crippen LogP contribution in [0.5, 0.6) is 0 Å². The predicted molar refractivity (Wildman–Crippen MR) is 75.8 cm³/mol. The highest BCUT2D eigenvalue weighted by Crippen LogP contribution is 2.24. The monoisotopic (exact) mass is 280 g/mol. The number of hydrogen-bond donors (Lipinski definition) is 1. The molecule has 1 aromatic rings. The largest absolute Gasteiger partial charge is 0.481 e. The van der Waals surface area contributed by atoms with Crippen molar-refractivity contribution in [2.45, 2.75) is 49.8 Å². The van der Waals surface area contributed by atoms with Crippen molar-refractivity contribution in [2.24, 2.45) is 0 Å². The summed E-state index contributed by atoms with van der Waals surface area (Å²) in [6, 6.07) is 6.19. The first-order chi connectivity index (χ1) is 9.16. The van der Waals surface area contributed by atoms with Gasteiger partial charge in [-0.25, -0.2) is 0 Å². The van der Waals surface area contributed by atoms with E-state index in [2.05, 4.69) is 12.1 Å². The van der Waals surface area contributed by atoms with Crippen molar-refractivity contribution in [3.05, 3.63) is 29.3 Å². The fraction of sp³-hybridized carbons (Fsp3) is 0.533. The third-order valence-electron chi connectivity index (χ3n) is 3.55. The molecule has 1 N–H and O–H groups in total. The standard InChI is InChI=1S/C15H20O3S/c16-15(17)7-2-1-3-10-19(18)14-9-8-12-5-4-6-13(12)11-14/h8-9,11H,1-7,10H2,(H,16,17). The second kappa shape index (κ2) is 6.85. The molecule has 4 heteroatoms. The number of hydrogen-bond acceptors (Lipinski definition) is 2. The maximum Gasteiger partial charge on any atom is 0.303 e. The summed E-state index contributed by atoms with van der Waals surface area (Å²) in [5.41, 5.74) is 2.76. The molecule has 1 unspecified atom stereocenters. The molecule has 3 nitrogen and oxygen atoms in total. The van der Waals surface area contributed by atoms with E-state index < -0.39 is 16.8 Å². The SMILES string of the molecule is O=C(O)CCCCCS(=O)c1ccc2c(c1)CCC2. The van der Waals surface area contributed by atoms with Gasteiger partial charge in [-0.3, -0.25) is 9.00 Å². The van der Waals surface area contributed by atoms with Crippen LogP contribution in [0, 0.1) is 0 Å². The number of benzene rings is 1. The van der Waals surface area contributed by atoms with Crippen LogP contribution in [0.25, 0.3) is 0 Å². The Hall–Kier alpha value is -1.16. The van der Waals surface area contributed by atoms with Gasteiger partial charge < -0.3 is 5.11 Å². The molecule has 1 atom stereocenters. The second-order valence-electron chi connectivity index (χ2n) is 5.04. The van der Waals surface area contributed by atoms with Crippen molar-refractivity contribution in [3.8, 4) is 0 Å². The van der Waals surface area contributed by atoms with E-state index in [1.165, 1.54) is 17.5 Å². The summed E-state index contributed by atoms with van der Waals surface area (Å²) in [6.07, 6.45) is 6.03. The molecule has 19 heavy (non-hydrogen) atoms. The van der Waals surface area contributed by atoms with Crippen molar-refractivity contribution in [1.29, 1.82) is 0 Å². The Morgan fingerprint density at radius 1 is 1.16 bits per heavy atom. The van der Waals surface area contributed by atoms with Crippen molar-refractivity contribution in [3.63, 3.8) is 0 Å². The van der Waals surface area contributed by atoms with Crippen LogP contribution in [0.3, 0.4) is 0 Å². The molecule has 0 radical (unpaired) electrons. The Bertz CT molecular complexity index is 482. The van der Waals surface area contributed by atoms with Gasteiger partial charge in [0.2, 0.25) is 0 Å². The molecule has 0 bridgehead atoms. The van der Waals surface area contributed by atoms with E-state index >= 15 is 0 Å². The molecular weight excluding hydrogens is 260 g/mol. The maximum absolute atomic E-state index is 12.1. The summed E-state index contributed by atoms with van der Waals surface area (Å²) in [6.45, 7) is 0. The molecule has 0 saturated heterocycles. The number of aryl methyl sites for hydroxylation is 2. The van der Waals surface area contributed by atoms with Gasteiger partial charge in [0, 0.05) is 17.1 Å². The summed E-state index contributed by atoms with van der Waals surface area (Å²) in [5.74, 6) is -0.113. The number of carboxylic acid groups (broad SMARTS) is 1.